The van der Waals surface area contributed by atoms with Crippen LogP contribution in [-0.4, -0.2) is 25.6 Å². The molecule has 1 aliphatic rings. The van der Waals surface area contributed by atoms with Crippen molar-refractivity contribution in [3.63, 3.8) is 0 Å². The third-order valence-electron chi connectivity index (χ3n) is 3.63. The van der Waals surface area contributed by atoms with Gasteiger partial charge in [-0.2, -0.15) is 0 Å². The zero-order valence-corrected chi connectivity index (χ0v) is 13.8. The van der Waals surface area contributed by atoms with E-state index in [1.54, 1.807) is 0 Å². The van der Waals surface area contributed by atoms with Crippen molar-refractivity contribution in [2.75, 3.05) is 13.6 Å². The van der Waals surface area contributed by atoms with Crippen molar-refractivity contribution in [2.45, 2.75) is 58.4 Å². The van der Waals surface area contributed by atoms with E-state index in [4.69, 9.17) is 0 Å². The van der Waals surface area contributed by atoms with Gasteiger partial charge in [-0.3, -0.25) is 4.99 Å². The summed E-state index contributed by atoms with van der Waals surface area (Å²) in [6.07, 6.45) is 7.80. The summed E-state index contributed by atoms with van der Waals surface area (Å²) in [5.74, 6) is 1.75. The van der Waals surface area contributed by atoms with Gasteiger partial charge in [0, 0.05) is 19.6 Å². The number of nitrogens with zero attached hydrogens (tertiary/aromatic N) is 1. The highest BCUT2D eigenvalue weighted by Gasteiger charge is 2.16. The normalized spacial score (nSPS) is 17.1. The van der Waals surface area contributed by atoms with Crippen LogP contribution in [0.3, 0.4) is 0 Å². The number of aliphatic imine (C=N–C) groups is 1. The van der Waals surface area contributed by atoms with Crippen LogP contribution in [-0.2, 0) is 0 Å². The molecule has 2 N–H and O–H groups in total. The largest absolute Gasteiger partial charge is 0.356 e. The maximum atomic E-state index is 4.29. The van der Waals surface area contributed by atoms with E-state index in [1.165, 1.54) is 38.5 Å². The van der Waals surface area contributed by atoms with E-state index in [1.807, 2.05) is 7.05 Å². The van der Waals surface area contributed by atoms with Gasteiger partial charge in [0.1, 0.15) is 0 Å². The molecule has 0 bridgehead atoms. The van der Waals surface area contributed by atoms with Gasteiger partial charge >= 0.3 is 0 Å². The molecular weight excluding hydrogens is 325 g/mol. The van der Waals surface area contributed by atoms with Crippen LogP contribution in [0.5, 0.6) is 0 Å². The Balaban J connectivity index is 0.00000256. The van der Waals surface area contributed by atoms with Crippen molar-refractivity contribution < 1.29 is 0 Å². The molecule has 102 valence electrons. The Hall–Kier alpha value is 0. The van der Waals surface area contributed by atoms with E-state index >= 15 is 0 Å². The first kappa shape index (κ1) is 17.0. The Morgan fingerprint density at radius 3 is 2.29 bits per heavy atom. The van der Waals surface area contributed by atoms with Gasteiger partial charge in [-0.1, -0.05) is 39.5 Å². The molecule has 0 atom stereocenters. The fourth-order valence-corrected chi connectivity index (χ4v) is 2.28. The highest BCUT2D eigenvalue weighted by Crippen LogP contribution is 2.17. The summed E-state index contributed by atoms with van der Waals surface area (Å²) in [6, 6.07) is 0.646. The average Bonchev–Trinajstić information content (AvgIpc) is 2.81. The fourth-order valence-electron chi connectivity index (χ4n) is 2.28. The molecule has 0 saturated heterocycles. The van der Waals surface area contributed by atoms with Crippen LogP contribution in [0.2, 0.25) is 0 Å². The van der Waals surface area contributed by atoms with Crippen molar-refractivity contribution in [1.82, 2.24) is 10.6 Å². The van der Waals surface area contributed by atoms with E-state index in [0.717, 1.165) is 18.4 Å². The lowest BCUT2D eigenvalue weighted by atomic mass is 10.0. The fraction of sp³-hybridized carbons (Fsp3) is 0.923. The van der Waals surface area contributed by atoms with Gasteiger partial charge in [0.2, 0.25) is 0 Å². The summed E-state index contributed by atoms with van der Waals surface area (Å²) >= 11 is 0. The Bertz CT molecular complexity index is 209. The van der Waals surface area contributed by atoms with Crippen LogP contribution < -0.4 is 10.6 Å². The Kier molecular flexibility index (Phi) is 9.97. The van der Waals surface area contributed by atoms with Gasteiger partial charge in [-0.05, 0) is 18.8 Å². The molecule has 0 heterocycles. The third-order valence-corrected chi connectivity index (χ3v) is 3.63. The van der Waals surface area contributed by atoms with Crippen molar-refractivity contribution in [3.8, 4) is 0 Å². The average molecular weight is 353 g/mol. The zero-order valence-electron chi connectivity index (χ0n) is 11.5. The maximum absolute atomic E-state index is 4.29. The van der Waals surface area contributed by atoms with Crippen LogP contribution in [0, 0.1) is 5.92 Å². The molecule has 0 aromatic heterocycles. The first-order valence-electron chi connectivity index (χ1n) is 6.77. The highest BCUT2D eigenvalue weighted by atomic mass is 127. The van der Waals surface area contributed by atoms with Gasteiger partial charge in [0.15, 0.2) is 5.96 Å². The molecule has 0 spiro atoms. The van der Waals surface area contributed by atoms with E-state index < -0.39 is 0 Å². The maximum Gasteiger partial charge on any atom is 0.191 e. The number of rotatable bonds is 5. The SMILES string of the molecule is CCC(CC)CNC(=NC)NC1CCCC1.I. The highest BCUT2D eigenvalue weighted by molar-refractivity contribution is 14.0. The number of halogens is 1. The molecule has 3 nitrogen and oxygen atoms in total. The minimum Gasteiger partial charge on any atom is -0.356 e. The lowest BCUT2D eigenvalue weighted by Crippen LogP contribution is -2.43. The number of hydrogen-bond acceptors (Lipinski definition) is 1. The summed E-state index contributed by atoms with van der Waals surface area (Å²) in [4.78, 5) is 4.29. The first-order valence-corrected chi connectivity index (χ1v) is 6.77. The van der Waals surface area contributed by atoms with Gasteiger partial charge in [-0.15, -0.1) is 24.0 Å². The van der Waals surface area contributed by atoms with E-state index in [2.05, 4.69) is 29.5 Å². The molecule has 1 saturated carbocycles. The van der Waals surface area contributed by atoms with Crippen LogP contribution in [0.15, 0.2) is 4.99 Å². The third kappa shape index (κ3) is 6.48. The predicted molar refractivity (Wildman–Crippen MR) is 86.2 cm³/mol. The summed E-state index contributed by atoms with van der Waals surface area (Å²) in [5, 5.41) is 6.95. The van der Waals surface area contributed by atoms with E-state index in [-0.39, 0.29) is 24.0 Å². The van der Waals surface area contributed by atoms with Crippen molar-refractivity contribution >= 4 is 29.9 Å². The molecule has 0 aromatic rings. The van der Waals surface area contributed by atoms with Crippen LogP contribution >= 0.6 is 24.0 Å². The summed E-state index contributed by atoms with van der Waals surface area (Å²) in [5.41, 5.74) is 0. The summed E-state index contributed by atoms with van der Waals surface area (Å²) in [7, 11) is 1.86. The summed E-state index contributed by atoms with van der Waals surface area (Å²) in [6.45, 7) is 5.55. The monoisotopic (exact) mass is 353 g/mol. The Morgan fingerprint density at radius 2 is 1.82 bits per heavy atom. The van der Waals surface area contributed by atoms with Crippen LogP contribution in [0.25, 0.3) is 0 Å². The van der Waals surface area contributed by atoms with E-state index in [9.17, 15) is 0 Å². The van der Waals surface area contributed by atoms with Gasteiger partial charge in [0.05, 0.1) is 0 Å². The summed E-state index contributed by atoms with van der Waals surface area (Å²) < 4.78 is 0. The van der Waals surface area contributed by atoms with Crippen LogP contribution in [0.4, 0.5) is 0 Å². The van der Waals surface area contributed by atoms with Crippen molar-refractivity contribution in [2.24, 2.45) is 10.9 Å². The molecule has 1 rings (SSSR count). The van der Waals surface area contributed by atoms with Crippen molar-refractivity contribution in [3.05, 3.63) is 0 Å². The lowest BCUT2D eigenvalue weighted by Gasteiger charge is -2.19. The topological polar surface area (TPSA) is 36.4 Å². The quantitative estimate of drug-likeness (QED) is 0.453. The zero-order chi connectivity index (χ0) is 11.8. The molecule has 0 aliphatic heterocycles. The molecule has 0 unspecified atom stereocenters. The van der Waals surface area contributed by atoms with Crippen molar-refractivity contribution in [1.29, 1.82) is 0 Å². The molecular formula is C13H28IN3. The minimum atomic E-state index is 0. The van der Waals surface area contributed by atoms with Gasteiger partial charge in [0.25, 0.3) is 0 Å². The Labute approximate surface area is 123 Å². The molecule has 0 amide bonds. The second-order valence-electron chi connectivity index (χ2n) is 4.76. The smallest absolute Gasteiger partial charge is 0.191 e. The number of guanidine groups is 1. The molecule has 17 heavy (non-hydrogen) atoms. The van der Waals surface area contributed by atoms with E-state index in [0.29, 0.717) is 6.04 Å². The number of nitrogens with one attached hydrogen (secondary N) is 2. The lowest BCUT2D eigenvalue weighted by molar-refractivity contribution is 0.478. The van der Waals surface area contributed by atoms with Gasteiger partial charge < -0.3 is 10.6 Å². The second kappa shape index (κ2) is 9.97. The first-order chi connectivity index (χ1) is 7.80. The standard InChI is InChI=1S/C13H27N3.HI/c1-4-11(5-2)10-15-13(14-3)16-12-8-6-7-9-12;/h11-12H,4-10H2,1-3H3,(H2,14,15,16);1H. The molecule has 4 heteroatoms. The molecule has 0 aromatic carbocycles. The molecule has 0 radical (unpaired) electrons. The number of hydrogen-bond donors (Lipinski definition) is 2. The van der Waals surface area contributed by atoms with Gasteiger partial charge in [-0.25, -0.2) is 0 Å². The Morgan fingerprint density at radius 1 is 1.24 bits per heavy atom. The van der Waals surface area contributed by atoms with Crippen LogP contribution in [0.1, 0.15) is 52.4 Å². The molecule has 1 aliphatic carbocycles. The predicted octanol–water partition coefficient (Wildman–Crippen LogP) is 3.15. The minimum absolute atomic E-state index is 0. The molecule has 1 fully saturated rings. The second-order valence-corrected chi connectivity index (χ2v) is 4.76.